The number of halogens is 2. The van der Waals surface area contributed by atoms with E-state index in [2.05, 4.69) is 0 Å². The first kappa shape index (κ1) is 23.7. The first-order valence-electron chi connectivity index (χ1n) is 10.2. The number of nitrogens with zero attached hydrogens (tertiary/aromatic N) is 3. The second kappa shape index (κ2) is 9.03. The van der Waals surface area contributed by atoms with Crippen LogP contribution < -0.4 is 9.21 Å². The monoisotopic (exact) mass is 503 g/mol. The molecule has 0 spiro atoms. The van der Waals surface area contributed by atoms with Crippen molar-refractivity contribution in [1.29, 1.82) is 0 Å². The number of amides is 1. The predicted octanol–water partition coefficient (Wildman–Crippen LogP) is 4.56. The summed E-state index contributed by atoms with van der Waals surface area (Å²) in [5.74, 6) is -1.45. The minimum Gasteiger partial charge on any atom is -0.310 e. The lowest BCUT2D eigenvalue weighted by Gasteiger charge is -2.32. The Morgan fingerprint density at radius 2 is 1.82 bits per heavy atom. The molecule has 0 aliphatic carbocycles. The van der Waals surface area contributed by atoms with Gasteiger partial charge in [0.1, 0.15) is 16.8 Å². The van der Waals surface area contributed by atoms with Gasteiger partial charge < -0.3 is 4.90 Å². The van der Waals surface area contributed by atoms with Crippen LogP contribution in [0.25, 0.3) is 0 Å². The molecule has 34 heavy (non-hydrogen) atoms. The molecule has 1 atom stereocenters. The normalized spacial score (nSPS) is 13.9. The van der Waals surface area contributed by atoms with Crippen LogP contribution in [-0.2, 0) is 21.2 Å². The van der Waals surface area contributed by atoms with Crippen molar-refractivity contribution in [2.45, 2.75) is 24.3 Å². The number of fused-ring (bicyclic) bond motifs is 1. The van der Waals surface area contributed by atoms with Crippen LogP contribution in [0.15, 0.2) is 71.6 Å². The summed E-state index contributed by atoms with van der Waals surface area (Å²) >= 11 is 6.12. The van der Waals surface area contributed by atoms with Gasteiger partial charge in [0.25, 0.3) is 21.6 Å². The van der Waals surface area contributed by atoms with Crippen molar-refractivity contribution in [1.82, 2.24) is 0 Å². The second-order valence-electron chi connectivity index (χ2n) is 7.67. The van der Waals surface area contributed by atoms with Crippen molar-refractivity contribution in [3.05, 3.63) is 93.2 Å². The number of anilines is 2. The van der Waals surface area contributed by atoms with Crippen LogP contribution in [-0.4, -0.2) is 31.8 Å². The Hall–Kier alpha value is -3.50. The van der Waals surface area contributed by atoms with Crippen molar-refractivity contribution < 1.29 is 22.5 Å². The highest BCUT2D eigenvalue weighted by Gasteiger charge is 2.39. The van der Waals surface area contributed by atoms with E-state index in [4.69, 9.17) is 11.6 Å². The molecule has 4 rings (SSSR count). The van der Waals surface area contributed by atoms with Crippen molar-refractivity contribution in [2.24, 2.45) is 0 Å². The fraction of sp³-hybridized carbons (Fsp3) is 0.174. The van der Waals surface area contributed by atoms with Crippen LogP contribution in [0.1, 0.15) is 12.5 Å². The number of hydrogen-bond acceptors (Lipinski definition) is 5. The molecule has 1 aliphatic rings. The summed E-state index contributed by atoms with van der Waals surface area (Å²) in [7, 11) is -4.71. The molecule has 3 aromatic carbocycles. The van der Waals surface area contributed by atoms with E-state index in [1.165, 1.54) is 30.0 Å². The molecular formula is C23H19ClFN3O5S. The number of carbonyl (C=O) groups excluding carboxylic acids is 1. The Morgan fingerprint density at radius 1 is 1.15 bits per heavy atom. The maximum atomic E-state index is 14.9. The van der Waals surface area contributed by atoms with Gasteiger partial charge >= 0.3 is 0 Å². The highest BCUT2D eigenvalue weighted by atomic mass is 35.5. The van der Waals surface area contributed by atoms with Gasteiger partial charge in [0.2, 0.25) is 0 Å². The molecule has 1 heterocycles. The van der Waals surface area contributed by atoms with E-state index in [1.807, 2.05) is 12.1 Å². The van der Waals surface area contributed by atoms with Crippen LogP contribution in [0.5, 0.6) is 0 Å². The Bertz CT molecular complexity index is 1400. The minimum absolute atomic E-state index is 0.293. The van der Waals surface area contributed by atoms with Gasteiger partial charge in [0, 0.05) is 24.4 Å². The van der Waals surface area contributed by atoms with Crippen molar-refractivity contribution >= 4 is 44.6 Å². The van der Waals surface area contributed by atoms with Gasteiger partial charge in [-0.25, -0.2) is 12.8 Å². The van der Waals surface area contributed by atoms with Crippen molar-refractivity contribution in [3.8, 4) is 0 Å². The maximum absolute atomic E-state index is 14.9. The molecule has 0 N–H and O–H groups in total. The average Bonchev–Trinajstić information content (AvgIpc) is 3.24. The number of sulfonamides is 1. The van der Waals surface area contributed by atoms with E-state index in [1.54, 1.807) is 12.1 Å². The molecule has 1 aliphatic heterocycles. The number of hydrogen-bond donors (Lipinski definition) is 0. The number of rotatable bonds is 6. The van der Waals surface area contributed by atoms with E-state index in [9.17, 15) is 27.7 Å². The van der Waals surface area contributed by atoms with Gasteiger partial charge in [-0.05, 0) is 43.2 Å². The molecule has 0 saturated heterocycles. The Morgan fingerprint density at radius 3 is 2.53 bits per heavy atom. The molecule has 11 heteroatoms. The van der Waals surface area contributed by atoms with Gasteiger partial charge in [-0.1, -0.05) is 41.9 Å². The zero-order valence-corrected chi connectivity index (χ0v) is 19.5. The summed E-state index contributed by atoms with van der Waals surface area (Å²) in [5, 5.41) is 11.0. The van der Waals surface area contributed by atoms with Gasteiger partial charge in [-0.2, -0.15) is 0 Å². The van der Waals surface area contributed by atoms with Crippen LogP contribution in [0, 0.1) is 15.9 Å². The van der Waals surface area contributed by atoms with E-state index in [0.717, 1.165) is 29.8 Å². The summed E-state index contributed by atoms with van der Waals surface area (Å²) in [5.41, 5.74) is 0.700. The quantitative estimate of drug-likeness (QED) is 0.362. The van der Waals surface area contributed by atoms with E-state index >= 15 is 0 Å². The maximum Gasteiger partial charge on any atom is 0.270 e. The number of para-hydroxylation sites is 2. The van der Waals surface area contributed by atoms with E-state index < -0.39 is 43.3 Å². The SMILES string of the molecule is CC(C(=O)N1CCc2ccccc21)N(c1ccccc1F)S(=O)(=O)c1cc([N+](=O)[O-])ccc1Cl. The van der Waals surface area contributed by atoms with Crippen LogP contribution in [0.4, 0.5) is 21.5 Å². The van der Waals surface area contributed by atoms with Crippen LogP contribution in [0.2, 0.25) is 5.02 Å². The molecular weight excluding hydrogens is 485 g/mol. The highest BCUT2D eigenvalue weighted by molar-refractivity contribution is 7.93. The number of benzene rings is 3. The van der Waals surface area contributed by atoms with Crippen molar-refractivity contribution in [3.63, 3.8) is 0 Å². The van der Waals surface area contributed by atoms with Gasteiger partial charge in [-0.15, -0.1) is 0 Å². The van der Waals surface area contributed by atoms with Gasteiger partial charge in [0.15, 0.2) is 0 Å². The van der Waals surface area contributed by atoms with Crippen molar-refractivity contribution in [2.75, 3.05) is 15.7 Å². The third-order valence-electron chi connectivity index (χ3n) is 5.61. The zero-order chi connectivity index (χ0) is 24.6. The second-order valence-corrected chi connectivity index (χ2v) is 9.86. The molecule has 0 aromatic heterocycles. The van der Waals surface area contributed by atoms with Gasteiger partial charge in [0.05, 0.1) is 15.6 Å². The first-order valence-corrected chi connectivity index (χ1v) is 12.1. The number of non-ortho nitro benzene ring substituents is 1. The Labute approximate surface area is 200 Å². The minimum atomic E-state index is -4.71. The molecule has 1 unspecified atom stereocenters. The molecule has 3 aromatic rings. The summed E-state index contributed by atoms with van der Waals surface area (Å²) in [6.45, 7) is 1.68. The largest absolute Gasteiger partial charge is 0.310 e. The standard InChI is InChI=1S/C23H19ClFN3O5S/c1-15(23(29)26-13-12-16-6-2-4-8-20(16)26)27(21-9-5-3-7-19(21)25)34(32,33)22-14-17(28(30)31)10-11-18(22)24/h2-11,14-15H,12-13H2,1H3. The summed E-state index contributed by atoms with van der Waals surface area (Å²) in [6, 6.07) is 13.9. The fourth-order valence-electron chi connectivity index (χ4n) is 3.98. The van der Waals surface area contributed by atoms with Crippen LogP contribution in [0.3, 0.4) is 0 Å². The zero-order valence-electron chi connectivity index (χ0n) is 17.9. The summed E-state index contributed by atoms with van der Waals surface area (Å²) < 4.78 is 43.0. The topological polar surface area (TPSA) is 101 Å². The molecule has 0 radical (unpaired) electrons. The average molecular weight is 504 g/mol. The Balaban J connectivity index is 1.85. The van der Waals surface area contributed by atoms with E-state index in [-0.39, 0.29) is 10.7 Å². The smallest absolute Gasteiger partial charge is 0.270 e. The lowest BCUT2D eigenvalue weighted by Crippen LogP contribution is -2.50. The van der Waals surface area contributed by atoms with Gasteiger partial charge in [-0.3, -0.25) is 19.2 Å². The van der Waals surface area contributed by atoms with Crippen LogP contribution >= 0.6 is 11.6 Å². The van der Waals surface area contributed by atoms with E-state index in [0.29, 0.717) is 23.0 Å². The summed E-state index contributed by atoms with van der Waals surface area (Å²) in [6.07, 6.45) is 0.595. The number of carbonyl (C=O) groups is 1. The molecule has 176 valence electrons. The lowest BCUT2D eigenvalue weighted by molar-refractivity contribution is -0.385. The predicted molar refractivity (Wildman–Crippen MR) is 126 cm³/mol. The molecule has 0 bridgehead atoms. The highest BCUT2D eigenvalue weighted by Crippen LogP contribution is 2.35. The third-order valence-corrected chi connectivity index (χ3v) is 7.98. The summed E-state index contributed by atoms with van der Waals surface area (Å²) in [4.78, 5) is 24.9. The fourth-order valence-corrected chi connectivity index (χ4v) is 6.10. The third kappa shape index (κ3) is 4.10. The molecule has 0 fully saturated rings. The number of nitro benzene ring substituents is 1. The molecule has 1 amide bonds. The Kier molecular flexibility index (Phi) is 6.28. The lowest BCUT2D eigenvalue weighted by atomic mass is 10.2. The number of nitro groups is 1. The molecule has 0 saturated carbocycles. The first-order chi connectivity index (χ1) is 16.1. The molecule has 8 nitrogen and oxygen atoms in total.